The van der Waals surface area contributed by atoms with Crippen LogP contribution in [0.4, 0.5) is 10.6 Å². The molecule has 0 aliphatic heterocycles. The number of nitrogens with one attached hydrogen (secondary N) is 2. The summed E-state index contributed by atoms with van der Waals surface area (Å²) in [7, 11) is 0. The first-order valence-corrected chi connectivity index (χ1v) is 5.26. The Balaban J connectivity index is 2.74. The molecule has 15 heavy (non-hydrogen) atoms. The quantitative estimate of drug-likeness (QED) is 0.781. The van der Waals surface area contributed by atoms with Gasteiger partial charge in [0.05, 0.1) is 6.61 Å². The van der Waals surface area contributed by atoms with Crippen LogP contribution in [0.25, 0.3) is 0 Å². The van der Waals surface area contributed by atoms with Crippen molar-refractivity contribution in [2.24, 2.45) is 0 Å². The highest BCUT2D eigenvalue weighted by atomic mass is 79.9. The minimum Gasteiger partial charge on any atom is -0.392 e. The van der Waals surface area contributed by atoms with Crippen LogP contribution in [0.15, 0.2) is 16.7 Å². The number of aliphatic hydroxyl groups is 1. The number of rotatable bonds is 3. The van der Waals surface area contributed by atoms with Crippen molar-refractivity contribution in [2.45, 2.75) is 13.5 Å². The zero-order valence-electron chi connectivity index (χ0n) is 8.25. The third-order valence-electron chi connectivity index (χ3n) is 1.68. The van der Waals surface area contributed by atoms with Crippen molar-refractivity contribution in [2.75, 3.05) is 11.9 Å². The molecule has 6 heteroatoms. The highest BCUT2D eigenvalue weighted by Crippen LogP contribution is 2.18. The Hall–Kier alpha value is -1.14. The molecular weight excluding hydrogens is 262 g/mol. The van der Waals surface area contributed by atoms with E-state index >= 15 is 0 Å². The molecule has 0 saturated carbocycles. The minimum atomic E-state index is -0.309. The maximum absolute atomic E-state index is 11.2. The van der Waals surface area contributed by atoms with E-state index < -0.39 is 0 Å². The standard InChI is InChI=1S/C9H12BrN3O2/c1-2-11-9(15)13-8-3-6(5-14)7(10)4-12-8/h3-4,14H,2,5H2,1H3,(H2,11,12,13,15). The Kier molecular flexibility index (Phi) is 4.51. The second-order valence-corrected chi connectivity index (χ2v) is 3.66. The van der Waals surface area contributed by atoms with Gasteiger partial charge in [-0.1, -0.05) is 0 Å². The van der Waals surface area contributed by atoms with Crippen molar-refractivity contribution in [1.82, 2.24) is 10.3 Å². The van der Waals surface area contributed by atoms with Crippen molar-refractivity contribution < 1.29 is 9.90 Å². The fourth-order valence-corrected chi connectivity index (χ4v) is 1.33. The second kappa shape index (κ2) is 5.67. The van der Waals surface area contributed by atoms with E-state index in [1.807, 2.05) is 6.92 Å². The lowest BCUT2D eigenvalue weighted by Gasteiger charge is -2.07. The number of nitrogens with zero attached hydrogens (tertiary/aromatic N) is 1. The van der Waals surface area contributed by atoms with E-state index in [4.69, 9.17) is 5.11 Å². The smallest absolute Gasteiger partial charge is 0.320 e. The van der Waals surface area contributed by atoms with E-state index in [1.165, 1.54) is 6.20 Å². The van der Waals surface area contributed by atoms with Gasteiger partial charge in [0.15, 0.2) is 0 Å². The van der Waals surface area contributed by atoms with Gasteiger partial charge in [-0.25, -0.2) is 9.78 Å². The fraction of sp³-hybridized carbons (Fsp3) is 0.333. The van der Waals surface area contributed by atoms with Crippen LogP contribution in [0, 0.1) is 0 Å². The molecule has 1 aromatic rings. The van der Waals surface area contributed by atoms with E-state index in [0.29, 0.717) is 22.4 Å². The Labute approximate surface area is 96.0 Å². The summed E-state index contributed by atoms with van der Waals surface area (Å²) in [5.41, 5.74) is 0.678. The number of pyridine rings is 1. The molecule has 1 heterocycles. The summed E-state index contributed by atoms with van der Waals surface area (Å²) < 4.78 is 0.714. The van der Waals surface area contributed by atoms with Gasteiger partial charge in [-0.05, 0) is 34.5 Å². The molecule has 0 spiro atoms. The Morgan fingerprint density at radius 1 is 1.67 bits per heavy atom. The summed E-state index contributed by atoms with van der Waals surface area (Å²) in [5.74, 6) is 0.410. The van der Waals surface area contributed by atoms with Crippen molar-refractivity contribution in [3.05, 3.63) is 22.3 Å². The normalized spacial score (nSPS) is 9.80. The van der Waals surface area contributed by atoms with Gasteiger partial charge in [-0.3, -0.25) is 5.32 Å². The number of amides is 2. The molecule has 3 N–H and O–H groups in total. The number of carbonyl (C=O) groups is 1. The molecule has 0 aromatic carbocycles. The average molecular weight is 274 g/mol. The third-order valence-corrected chi connectivity index (χ3v) is 2.40. The van der Waals surface area contributed by atoms with Gasteiger partial charge < -0.3 is 10.4 Å². The number of hydrogen-bond acceptors (Lipinski definition) is 3. The molecule has 0 aliphatic rings. The molecule has 82 valence electrons. The van der Waals surface area contributed by atoms with Gasteiger partial charge in [0.2, 0.25) is 0 Å². The number of hydrogen-bond donors (Lipinski definition) is 3. The lowest BCUT2D eigenvalue weighted by Crippen LogP contribution is -2.28. The molecule has 0 saturated heterocycles. The first-order valence-electron chi connectivity index (χ1n) is 4.47. The second-order valence-electron chi connectivity index (χ2n) is 2.80. The molecule has 5 nitrogen and oxygen atoms in total. The average Bonchev–Trinajstić information content (AvgIpc) is 2.21. The van der Waals surface area contributed by atoms with Gasteiger partial charge in [0, 0.05) is 17.2 Å². The molecule has 0 atom stereocenters. The minimum absolute atomic E-state index is 0.104. The number of halogens is 1. The summed E-state index contributed by atoms with van der Waals surface area (Å²) in [6.07, 6.45) is 1.53. The van der Waals surface area contributed by atoms with Gasteiger partial charge >= 0.3 is 6.03 Å². The van der Waals surface area contributed by atoms with Crippen LogP contribution in [0.5, 0.6) is 0 Å². The lowest BCUT2D eigenvalue weighted by molar-refractivity contribution is 0.252. The zero-order valence-corrected chi connectivity index (χ0v) is 9.84. The summed E-state index contributed by atoms with van der Waals surface area (Å²) in [6, 6.07) is 1.30. The maximum atomic E-state index is 11.2. The van der Waals surface area contributed by atoms with E-state index in [1.54, 1.807) is 6.07 Å². The van der Waals surface area contributed by atoms with Crippen molar-refractivity contribution >= 4 is 27.8 Å². The largest absolute Gasteiger partial charge is 0.392 e. The topological polar surface area (TPSA) is 74.2 Å². The van der Waals surface area contributed by atoms with Crippen molar-refractivity contribution in [3.8, 4) is 0 Å². The molecule has 0 aliphatic carbocycles. The van der Waals surface area contributed by atoms with Crippen LogP contribution in [-0.2, 0) is 6.61 Å². The van der Waals surface area contributed by atoms with E-state index in [0.717, 1.165) is 0 Å². The van der Waals surface area contributed by atoms with E-state index in [-0.39, 0.29) is 12.6 Å². The van der Waals surface area contributed by atoms with Crippen molar-refractivity contribution in [1.29, 1.82) is 0 Å². The molecule has 1 rings (SSSR count). The monoisotopic (exact) mass is 273 g/mol. The molecule has 0 fully saturated rings. The van der Waals surface area contributed by atoms with Crippen LogP contribution < -0.4 is 10.6 Å². The molecule has 0 unspecified atom stereocenters. The number of urea groups is 1. The molecule has 1 aromatic heterocycles. The number of anilines is 1. The first kappa shape index (κ1) is 11.9. The van der Waals surface area contributed by atoms with E-state index in [9.17, 15) is 4.79 Å². The van der Waals surface area contributed by atoms with Gasteiger partial charge in [-0.15, -0.1) is 0 Å². The highest BCUT2D eigenvalue weighted by molar-refractivity contribution is 9.10. The lowest BCUT2D eigenvalue weighted by atomic mass is 10.3. The molecule has 0 bridgehead atoms. The SMILES string of the molecule is CCNC(=O)Nc1cc(CO)c(Br)cn1. The Bertz CT molecular complexity index is 357. The number of aromatic nitrogens is 1. The first-order chi connectivity index (χ1) is 7.17. The van der Waals surface area contributed by atoms with Crippen LogP contribution in [0.2, 0.25) is 0 Å². The molecule has 2 amide bonds. The maximum Gasteiger partial charge on any atom is 0.320 e. The summed E-state index contributed by atoms with van der Waals surface area (Å²) >= 11 is 3.24. The van der Waals surface area contributed by atoms with E-state index in [2.05, 4.69) is 31.5 Å². The summed E-state index contributed by atoms with van der Waals surface area (Å²) in [5, 5.41) is 14.1. The Morgan fingerprint density at radius 2 is 2.40 bits per heavy atom. The van der Waals surface area contributed by atoms with Gasteiger partial charge in [-0.2, -0.15) is 0 Å². The summed E-state index contributed by atoms with van der Waals surface area (Å²) in [6.45, 7) is 2.27. The number of carbonyl (C=O) groups excluding carboxylic acids is 1. The van der Waals surface area contributed by atoms with Crippen LogP contribution in [0.3, 0.4) is 0 Å². The van der Waals surface area contributed by atoms with Crippen LogP contribution in [0.1, 0.15) is 12.5 Å². The summed E-state index contributed by atoms with van der Waals surface area (Å²) in [4.78, 5) is 15.1. The predicted molar refractivity (Wildman–Crippen MR) is 60.6 cm³/mol. The molecular formula is C9H12BrN3O2. The van der Waals surface area contributed by atoms with Gasteiger partial charge in [0.1, 0.15) is 5.82 Å². The van der Waals surface area contributed by atoms with Crippen molar-refractivity contribution in [3.63, 3.8) is 0 Å². The predicted octanol–water partition coefficient (Wildman–Crippen LogP) is 1.48. The molecule has 0 radical (unpaired) electrons. The van der Waals surface area contributed by atoms with Crippen LogP contribution >= 0.6 is 15.9 Å². The van der Waals surface area contributed by atoms with Gasteiger partial charge in [0.25, 0.3) is 0 Å². The fourth-order valence-electron chi connectivity index (χ4n) is 0.991. The number of aliphatic hydroxyl groups excluding tert-OH is 1. The Morgan fingerprint density at radius 3 is 3.00 bits per heavy atom. The highest BCUT2D eigenvalue weighted by Gasteiger charge is 2.04. The third kappa shape index (κ3) is 3.49. The van der Waals surface area contributed by atoms with Crippen LogP contribution in [-0.4, -0.2) is 22.7 Å². The zero-order chi connectivity index (χ0) is 11.3.